The van der Waals surface area contributed by atoms with Crippen molar-refractivity contribution in [3.63, 3.8) is 0 Å². The van der Waals surface area contributed by atoms with Crippen molar-refractivity contribution in [1.29, 1.82) is 0 Å². The molecule has 11 heavy (non-hydrogen) atoms. The summed E-state index contributed by atoms with van der Waals surface area (Å²) in [5.74, 6) is 0. The van der Waals surface area contributed by atoms with Crippen molar-refractivity contribution in [3.05, 3.63) is 33.8 Å². The van der Waals surface area contributed by atoms with Gasteiger partial charge >= 0.3 is 0 Å². The molecule has 0 heterocycles. The second-order valence-electron chi connectivity index (χ2n) is 2.67. The maximum Gasteiger partial charge on any atom is 0.0202 e. The largest absolute Gasteiger partial charge is 0.316 e. The first-order valence-corrected chi connectivity index (χ1v) is 4.42. The van der Waals surface area contributed by atoms with Gasteiger partial charge in [0.05, 0.1) is 0 Å². The zero-order valence-electron chi connectivity index (χ0n) is 6.82. The van der Waals surface area contributed by atoms with Gasteiger partial charge in [0.1, 0.15) is 0 Å². The first-order valence-electron chi connectivity index (χ1n) is 3.63. The smallest absolute Gasteiger partial charge is 0.0202 e. The fourth-order valence-corrected chi connectivity index (χ4v) is 1.77. The third-order valence-electron chi connectivity index (χ3n) is 1.48. The predicted molar refractivity (Wildman–Crippen MR) is 51.6 cm³/mol. The Hall–Kier alpha value is -0.340. The van der Waals surface area contributed by atoms with Crippen molar-refractivity contribution in [2.75, 3.05) is 7.05 Å². The molecule has 0 saturated heterocycles. The summed E-state index contributed by atoms with van der Waals surface area (Å²) >= 11 is 3.46. The Morgan fingerprint density at radius 3 is 2.64 bits per heavy atom. The Kier molecular flexibility index (Phi) is 3.09. The van der Waals surface area contributed by atoms with Crippen LogP contribution in [0.5, 0.6) is 0 Å². The Bertz CT molecular complexity index is 225. The van der Waals surface area contributed by atoms with Crippen LogP contribution in [0.15, 0.2) is 22.7 Å². The average molecular weight is 214 g/mol. The van der Waals surface area contributed by atoms with E-state index in [1.54, 1.807) is 0 Å². The van der Waals surface area contributed by atoms with Gasteiger partial charge < -0.3 is 5.32 Å². The number of halogens is 1. The summed E-state index contributed by atoms with van der Waals surface area (Å²) in [6, 6.07) is 6.42. The van der Waals surface area contributed by atoms with Gasteiger partial charge in [0, 0.05) is 11.0 Å². The maximum atomic E-state index is 3.46. The highest BCUT2D eigenvalue weighted by atomic mass is 79.9. The van der Waals surface area contributed by atoms with Crippen LogP contribution in [0.2, 0.25) is 0 Å². The van der Waals surface area contributed by atoms with Gasteiger partial charge in [-0.3, -0.25) is 0 Å². The molecule has 1 aromatic rings. The Morgan fingerprint density at radius 2 is 2.09 bits per heavy atom. The zero-order chi connectivity index (χ0) is 8.27. The third-order valence-corrected chi connectivity index (χ3v) is 1.94. The summed E-state index contributed by atoms with van der Waals surface area (Å²) in [5, 5.41) is 3.12. The number of nitrogens with one attached hydrogen (secondary N) is 1. The molecule has 1 aromatic carbocycles. The molecule has 0 saturated carbocycles. The number of benzene rings is 1. The summed E-state index contributed by atoms with van der Waals surface area (Å²) in [6.07, 6.45) is 0. The molecule has 0 aromatic heterocycles. The molecule has 2 heteroatoms. The lowest BCUT2D eigenvalue weighted by Gasteiger charge is -2.02. The molecule has 0 fully saturated rings. The van der Waals surface area contributed by atoms with E-state index in [1.807, 2.05) is 7.05 Å². The van der Waals surface area contributed by atoms with Gasteiger partial charge in [-0.05, 0) is 37.2 Å². The van der Waals surface area contributed by atoms with Crippen molar-refractivity contribution in [2.45, 2.75) is 13.5 Å². The third kappa shape index (κ3) is 2.64. The molecule has 0 aliphatic rings. The molecule has 60 valence electrons. The molecule has 0 spiro atoms. The zero-order valence-corrected chi connectivity index (χ0v) is 8.40. The van der Waals surface area contributed by atoms with Crippen LogP contribution in [0.4, 0.5) is 0 Å². The second-order valence-corrected chi connectivity index (χ2v) is 3.58. The molecular formula is C9H12BrN. The number of hydrogen-bond donors (Lipinski definition) is 1. The van der Waals surface area contributed by atoms with Crippen LogP contribution < -0.4 is 5.32 Å². The molecule has 1 rings (SSSR count). The minimum absolute atomic E-state index is 0.931. The summed E-state index contributed by atoms with van der Waals surface area (Å²) < 4.78 is 1.16. The minimum Gasteiger partial charge on any atom is -0.316 e. The van der Waals surface area contributed by atoms with E-state index in [-0.39, 0.29) is 0 Å². The molecular weight excluding hydrogens is 202 g/mol. The fraction of sp³-hybridized carbons (Fsp3) is 0.333. The van der Waals surface area contributed by atoms with Crippen molar-refractivity contribution in [3.8, 4) is 0 Å². The topological polar surface area (TPSA) is 12.0 Å². The summed E-state index contributed by atoms with van der Waals surface area (Å²) in [7, 11) is 1.95. The van der Waals surface area contributed by atoms with E-state index in [4.69, 9.17) is 0 Å². The molecule has 1 N–H and O–H groups in total. The van der Waals surface area contributed by atoms with Crippen molar-refractivity contribution >= 4 is 15.9 Å². The first-order chi connectivity index (χ1) is 5.22. The Morgan fingerprint density at radius 1 is 1.36 bits per heavy atom. The van der Waals surface area contributed by atoms with Gasteiger partial charge in [0.25, 0.3) is 0 Å². The first kappa shape index (κ1) is 8.75. The quantitative estimate of drug-likeness (QED) is 0.797. The summed E-state index contributed by atoms with van der Waals surface area (Å²) in [6.45, 7) is 3.03. The maximum absolute atomic E-state index is 3.46. The normalized spacial score (nSPS) is 10.1. The highest BCUT2D eigenvalue weighted by molar-refractivity contribution is 9.10. The van der Waals surface area contributed by atoms with Crippen LogP contribution in [-0.4, -0.2) is 7.05 Å². The highest BCUT2D eigenvalue weighted by Crippen LogP contribution is 2.14. The Labute approximate surface area is 75.9 Å². The molecule has 0 radical (unpaired) electrons. The Balaban J connectivity index is 2.89. The van der Waals surface area contributed by atoms with Crippen LogP contribution in [0.25, 0.3) is 0 Å². The molecule has 0 amide bonds. The van der Waals surface area contributed by atoms with Gasteiger partial charge in [-0.2, -0.15) is 0 Å². The van der Waals surface area contributed by atoms with Crippen molar-refractivity contribution < 1.29 is 0 Å². The lowest BCUT2D eigenvalue weighted by Crippen LogP contribution is -2.04. The summed E-state index contributed by atoms with van der Waals surface area (Å²) in [4.78, 5) is 0. The van der Waals surface area contributed by atoms with Crippen LogP contribution in [-0.2, 0) is 6.54 Å². The highest BCUT2D eigenvalue weighted by Gasteiger charge is 1.94. The van der Waals surface area contributed by atoms with E-state index in [0.717, 1.165) is 11.0 Å². The van der Waals surface area contributed by atoms with Gasteiger partial charge in [0.15, 0.2) is 0 Å². The van der Waals surface area contributed by atoms with E-state index in [2.05, 4.69) is 46.4 Å². The standard InChI is InChI=1S/C9H12BrN/c1-7-3-8(6-11-2)5-9(10)4-7/h3-5,11H,6H2,1-2H3. The van der Waals surface area contributed by atoms with E-state index < -0.39 is 0 Å². The van der Waals surface area contributed by atoms with Crippen LogP contribution >= 0.6 is 15.9 Å². The van der Waals surface area contributed by atoms with E-state index in [1.165, 1.54) is 11.1 Å². The van der Waals surface area contributed by atoms with E-state index in [9.17, 15) is 0 Å². The number of rotatable bonds is 2. The lowest BCUT2D eigenvalue weighted by molar-refractivity contribution is 0.816. The van der Waals surface area contributed by atoms with Crippen LogP contribution in [0.1, 0.15) is 11.1 Å². The molecule has 1 nitrogen and oxygen atoms in total. The van der Waals surface area contributed by atoms with Gasteiger partial charge in [0.2, 0.25) is 0 Å². The monoisotopic (exact) mass is 213 g/mol. The van der Waals surface area contributed by atoms with Crippen molar-refractivity contribution in [1.82, 2.24) is 5.32 Å². The number of hydrogen-bond acceptors (Lipinski definition) is 1. The minimum atomic E-state index is 0.931. The van der Waals surface area contributed by atoms with Gasteiger partial charge in [-0.25, -0.2) is 0 Å². The van der Waals surface area contributed by atoms with E-state index >= 15 is 0 Å². The van der Waals surface area contributed by atoms with E-state index in [0.29, 0.717) is 0 Å². The molecule has 0 unspecified atom stereocenters. The molecule has 0 atom stereocenters. The van der Waals surface area contributed by atoms with Gasteiger partial charge in [-0.15, -0.1) is 0 Å². The van der Waals surface area contributed by atoms with Crippen LogP contribution in [0, 0.1) is 6.92 Å². The predicted octanol–water partition coefficient (Wildman–Crippen LogP) is 2.48. The average Bonchev–Trinajstić information content (AvgIpc) is 1.85. The fourth-order valence-electron chi connectivity index (χ4n) is 1.12. The summed E-state index contributed by atoms with van der Waals surface area (Å²) in [5.41, 5.74) is 2.61. The second kappa shape index (κ2) is 3.88. The van der Waals surface area contributed by atoms with Crippen LogP contribution in [0.3, 0.4) is 0 Å². The molecule has 0 bridgehead atoms. The molecule has 0 aliphatic carbocycles. The SMILES string of the molecule is CNCc1cc(C)cc(Br)c1. The number of aryl methyl sites for hydroxylation is 1. The lowest BCUT2D eigenvalue weighted by atomic mass is 10.1. The van der Waals surface area contributed by atoms with Gasteiger partial charge in [-0.1, -0.05) is 22.0 Å². The molecule has 0 aliphatic heterocycles. The van der Waals surface area contributed by atoms with Crippen molar-refractivity contribution in [2.24, 2.45) is 0 Å².